The average Bonchev–Trinajstić information content (AvgIpc) is 2.71. The molecule has 3 nitrogen and oxygen atoms in total. The molecular formula is C16H25FN2O. The minimum atomic E-state index is -0.672. The van der Waals surface area contributed by atoms with Crippen LogP contribution in [0, 0.1) is 11.7 Å². The molecule has 1 aliphatic rings. The Kier molecular flexibility index (Phi) is 4.66. The van der Waals surface area contributed by atoms with Crippen LogP contribution in [0.2, 0.25) is 0 Å². The quantitative estimate of drug-likeness (QED) is 0.870. The summed E-state index contributed by atoms with van der Waals surface area (Å²) in [5.74, 6) is 0.364. The van der Waals surface area contributed by atoms with Crippen molar-refractivity contribution in [2.45, 2.75) is 39.3 Å². The maximum Gasteiger partial charge on any atom is 0.129 e. The highest BCUT2D eigenvalue weighted by Crippen LogP contribution is 2.30. The normalized spacial score (nSPS) is 22.8. The molecule has 0 aliphatic carbocycles. The van der Waals surface area contributed by atoms with Gasteiger partial charge in [0.05, 0.1) is 5.60 Å². The van der Waals surface area contributed by atoms with Crippen LogP contribution < -0.4 is 10.2 Å². The second kappa shape index (κ2) is 6.10. The molecule has 2 N–H and O–H groups in total. The van der Waals surface area contributed by atoms with Crippen molar-refractivity contribution in [1.29, 1.82) is 0 Å². The van der Waals surface area contributed by atoms with Crippen molar-refractivity contribution >= 4 is 5.69 Å². The number of rotatable bonds is 5. The lowest BCUT2D eigenvalue weighted by Gasteiger charge is -2.24. The molecule has 20 heavy (non-hydrogen) atoms. The minimum absolute atomic E-state index is 0.176. The van der Waals surface area contributed by atoms with Gasteiger partial charge < -0.3 is 15.3 Å². The molecule has 0 bridgehead atoms. The number of benzene rings is 1. The van der Waals surface area contributed by atoms with Crippen LogP contribution in [0.5, 0.6) is 0 Å². The van der Waals surface area contributed by atoms with Crippen molar-refractivity contribution in [3.63, 3.8) is 0 Å². The van der Waals surface area contributed by atoms with Crippen LogP contribution in [0.25, 0.3) is 0 Å². The molecule has 0 amide bonds. The highest BCUT2D eigenvalue weighted by molar-refractivity contribution is 5.55. The van der Waals surface area contributed by atoms with Gasteiger partial charge in [0.2, 0.25) is 0 Å². The van der Waals surface area contributed by atoms with E-state index in [1.165, 1.54) is 6.07 Å². The second-order valence-electron chi connectivity index (χ2n) is 6.43. The lowest BCUT2D eigenvalue weighted by molar-refractivity contribution is 0.0839. The molecule has 1 fully saturated rings. The van der Waals surface area contributed by atoms with Crippen LogP contribution in [0.15, 0.2) is 18.2 Å². The first-order chi connectivity index (χ1) is 9.39. The van der Waals surface area contributed by atoms with Crippen LogP contribution in [0.4, 0.5) is 10.1 Å². The van der Waals surface area contributed by atoms with Crippen LogP contribution in [0.3, 0.4) is 0 Å². The molecule has 1 aromatic carbocycles. The molecule has 0 saturated carbocycles. The van der Waals surface area contributed by atoms with Gasteiger partial charge in [0.25, 0.3) is 0 Å². The average molecular weight is 280 g/mol. The molecule has 1 atom stereocenters. The first kappa shape index (κ1) is 15.3. The van der Waals surface area contributed by atoms with Gasteiger partial charge in [-0.1, -0.05) is 19.9 Å². The zero-order valence-corrected chi connectivity index (χ0v) is 12.6. The van der Waals surface area contributed by atoms with E-state index in [1.807, 2.05) is 13.0 Å². The summed E-state index contributed by atoms with van der Waals surface area (Å²) in [5.41, 5.74) is 0.930. The summed E-state index contributed by atoms with van der Waals surface area (Å²) < 4.78 is 14.1. The van der Waals surface area contributed by atoms with E-state index in [2.05, 4.69) is 24.1 Å². The number of aliphatic hydroxyl groups is 1. The van der Waals surface area contributed by atoms with Crippen LogP contribution >= 0.6 is 0 Å². The largest absolute Gasteiger partial charge is 0.388 e. The summed E-state index contributed by atoms with van der Waals surface area (Å²) in [7, 11) is 0. The van der Waals surface area contributed by atoms with E-state index in [4.69, 9.17) is 0 Å². The van der Waals surface area contributed by atoms with Crippen molar-refractivity contribution in [2.75, 3.05) is 24.5 Å². The molecule has 0 radical (unpaired) electrons. The molecule has 112 valence electrons. The fourth-order valence-electron chi connectivity index (χ4n) is 2.66. The Morgan fingerprint density at radius 2 is 2.20 bits per heavy atom. The topological polar surface area (TPSA) is 35.5 Å². The Hall–Kier alpha value is -1.13. The van der Waals surface area contributed by atoms with Gasteiger partial charge in [0.1, 0.15) is 5.82 Å². The van der Waals surface area contributed by atoms with Crippen molar-refractivity contribution in [3.8, 4) is 0 Å². The van der Waals surface area contributed by atoms with Crippen molar-refractivity contribution in [3.05, 3.63) is 29.6 Å². The van der Waals surface area contributed by atoms with E-state index in [1.54, 1.807) is 6.07 Å². The van der Waals surface area contributed by atoms with E-state index < -0.39 is 5.60 Å². The fourth-order valence-corrected chi connectivity index (χ4v) is 2.66. The number of anilines is 1. The lowest BCUT2D eigenvalue weighted by Crippen LogP contribution is -2.30. The fraction of sp³-hybridized carbons (Fsp3) is 0.625. The maximum absolute atomic E-state index is 14.1. The zero-order chi connectivity index (χ0) is 14.8. The van der Waals surface area contributed by atoms with Gasteiger partial charge >= 0.3 is 0 Å². The molecule has 0 spiro atoms. The van der Waals surface area contributed by atoms with E-state index in [-0.39, 0.29) is 5.82 Å². The van der Waals surface area contributed by atoms with Gasteiger partial charge in [-0.3, -0.25) is 0 Å². The van der Waals surface area contributed by atoms with Crippen LogP contribution in [0.1, 0.15) is 32.8 Å². The smallest absolute Gasteiger partial charge is 0.129 e. The third kappa shape index (κ3) is 3.70. The van der Waals surface area contributed by atoms with E-state index in [0.29, 0.717) is 24.6 Å². The third-order valence-corrected chi connectivity index (χ3v) is 3.74. The Balaban J connectivity index is 2.14. The second-order valence-corrected chi connectivity index (χ2v) is 6.43. The number of hydrogen-bond acceptors (Lipinski definition) is 3. The van der Waals surface area contributed by atoms with Gasteiger partial charge in [-0.05, 0) is 37.9 Å². The number of nitrogens with one attached hydrogen (secondary N) is 1. The van der Waals surface area contributed by atoms with Gasteiger partial charge in [-0.15, -0.1) is 0 Å². The summed E-state index contributed by atoms with van der Waals surface area (Å²) in [6.45, 7) is 8.83. The van der Waals surface area contributed by atoms with Gasteiger partial charge in [-0.2, -0.15) is 0 Å². The number of β-amino-alcohol motifs (C(OH)–C–C–N with tert-alkyl or cyclic N) is 1. The van der Waals surface area contributed by atoms with Gasteiger partial charge in [0.15, 0.2) is 0 Å². The third-order valence-electron chi connectivity index (χ3n) is 3.74. The first-order valence-corrected chi connectivity index (χ1v) is 7.34. The molecule has 1 aliphatic heterocycles. The maximum atomic E-state index is 14.1. The molecule has 4 heteroatoms. The molecule has 1 aromatic rings. The number of halogens is 1. The van der Waals surface area contributed by atoms with Crippen molar-refractivity contribution < 1.29 is 9.50 Å². The van der Waals surface area contributed by atoms with Gasteiger partial charge in [0, 0.05) is 30.9 Å². The lowest BCUT2D eigenvalue weighted by atomic mass is 10.1. The van der Waals surface area contributed by atoms with E-state index in [9.17, 15) is 9.50 Å². The Morgan fingerprint density at radius 3 is 2.80 bits per heavy atom. The predicted molar refractivity (Wildman–Crippen MR) is 80.4 cm³/mol. The summed E-state index contributed by atoms with van der Waals surface area (Å²) in [6.07, 6.45) is 0.725. The molecule has 1 saturated heterocycles. The number of nitrogens with zero attached hydrogens (tertiary/aromatic N) is 1. The standard InChI is InChI=1S/C16H25FN2O/c1-12(2)9-18-10-13-14(17)5-4-6-15(13)19-8-7-16(3,20)11-19/h4-6,12,18,20H,7-11H2,1-3H3. The van der Waals surface area contributed by atoms with Crippen molar-refractivity contribution in [1.82, 2.24) is 5.32 Å². The summed E-state index contributed by atoms with van der Waals surface area (Å²) in [6, 6.07) is 5.19. The van der Waals surface area contributed by atoms with Crippen LogP contribution in [-0.2, 0) is 6.54 Å². The molecular weight excluding hydrogens is 255 g/mol. The highest BCUT2D eigenvalue weighted by atomic mass is 19.1. The SMILES string of the molecule is CC(C)CNCc1c(F)cccc1N1CCC(C)(O)C1. The first-order valence-electron chi connectivity index (χ1n) is 7.34. The van der Waals surface area contributed by atoms with E-state index >= 15 is 0 Å². The van der Waals surface area contributed by atoms with Crippen LogP contribution in [-0.4, -0.2) is 30.3 Å². The summed E-state index contributed by atoms with van der Waals surface area (Å²) >= 11 is 0. The molecule has 1 unspecified atom stereocenters. The molecule has 2 rings (SSSR count). The van der Waals surface area contributed by atoms with Crippen molar-refractivity contribution in [2.24, 2.45) is 5.92 Å². The monoisotopic (exact) mass is 280 g/mol. The highest BCUT2D eigenvalue weighted by Gasteiger charge is 2.32. The zero-order valence-electron chi connectivity index (χ0n) is 12.6. The minimum Gasteiger partial charge on any atom is -0.388 e. The Morgan fingerprint density at radius 1 is 1.45 bits per heavy atom. The summed E-state index contributed by atoms with van der Waals surface area (Å²) in [4.78, 5) is 2.08. The molecule has 0 aromatic heterocycles. The Labute approximate surface area is 120 Å². The number of hydrogen-bond donors (Lipinski definition) is 2. The molecule has 1 heterocycles. The summed E-state index contributed by atoms with van der Waals surface area (Å²) in [5, 5.41) is 13.4. The van der Waals surface area contributed by atoms with E-state index in [0.717, 1.165) is 25.2 Å². The van der Waals surface area contributed by atoms with Gasteiger partial charge in [-0.25, -0.2) is 4.39 Å². The Bertz CT molecular complexity index is 460. The predicted octanol–water partition coefficient (Wildman–Crippen LogP) is 2.53.